The normalized spacial score (nSPS) is 30.1. The van der Waals surface area contributed by atoms with Crippen LogP contribution >= 0.6 is 11.3 Å². The third kappa shape index (κ3) is 2.37. The van der Waals surface area contributed by atoms with Gasteiger partial charge in [0.1, 0.15) is 5.01 Å². The van der Waals surface area contributed by atoms with Crippen molar-refractivity contribution < 1.29 is 9.90 Å². The SMILES string of the molecule is CC(C)(C)c1csc(CN2C3CCC2C(C(=O)O)C3)n1. The lowest BCUT2D eigenvalue weighted by molar-refractivity contribution is -0.142. The van der Waals surface area contributed by atoms with E-state index in [1.54, 1.807) is 11.3 Å². The fourth-order valence-corrected chi connectivity index (χ4v) is 4.53. The molecule has 3 atom stereocenters. The van der Waals surface area contributed by atoms with E-state index < -0.39 is 5.97 Å². The highest BCUT2D eigenvalue weighted by atomic mass is 32.1. The number of aliphatic carboxylic acids is 1. The summed E-state index contributed by atoms with van der Waals surface area (Å²) in [5.41, 5.74) is 1.22. The average Bonchev–Trinajstić information content (AvgIpc) is 3.04. The monoisotopic (exact) mass is 294 g/mol. The maximum absolute atomic E-state index is 11.3. The Hall–Kier alpha value is -0.940. The number of carboxylic acids is 1. The van der Waals surface area contributed by atoms with Gasteiger partial charge in [-0.1, -0.05) is 20.8 Å². The highest BCUT2D eigenvalue weighted by molar-refractivity contribution is 7.09. The van der Waals surface area contributed by atoms with Crippen molar-refractivity contribution in [2.24, 2.45) is 5.92 Å². The standard InChI is InChI=1S/C15H22N2O2S/c1-15(2,3)12-8-20-13(16-12)7-17-9-4-5-11(17)10(6-9)14(18)19/h8-11H,4-7H2,1-3H3,(H,18,19). The van der Waals surface area contributed by atoms with Crippen LogP contribution in [0.1, 0.15) is 50.7 Å². The molecule has 2 bridgehead atoms. The number of fused-ring (bicyclic) bond motifs is 2. The maximum atomic E-state index is 11.3. The van der Waals surface area contributed by atoms with E-state index in [-0.39, 0.29) is 17.4 Å². The Morgan fingerprint density at radius 3 is 2.80 bits per heavy atom. The van der Waals surface area contributed by atoms with Crippen LogP contribution < -0.4 is 0 Å². The lowest BCUT2D eigenvalue weighted by Crippen LogP contribution is -2.32. The summed E-state index contributed by atoms with van der Waals surface area (Å²) in [5.74, 6) is -0.799. The number of hydrogen-bond acceptors (Lipinski definition) is 4. The number of carboxylic acid groups (broad SMARTS) is 1. The first kappa shape index (κ1) is 14.0. The van der Waals surface area contributed by atoms with E-state index in [0.29, 0.717) is 6.04 Å². The molecule has 2 fully saturated rings. The minimum atomic E-state index is -0.628. The molecule has 0 spiro atoms. The van der Waals surface area contributed by atoms with Gasteiger partial charge < -0.3 is 5.11 Å². The Morgan fingerprint density at radius 2 is 2.25 bits per heavy atom. The number of aromatic nitrogens is 1. The second-order valence-electron chi connectivity index (χ2n) is 7.03. The first-order valence-electron chi connectivity index (χ1n) is 7.29. The van der Waals surface area contributed by atoms with Crippen LogP contribution in [0.25, 0.3) is 0 Å². The molecule has 3 rings (SSSR count). The van der Waals surface area contributed by atoms with Crippen LogP contribution in [-0.2, 0) is 16.8 Å². The van der Waals surface area contributed by atoms with Crippen molar-refractivity contribution in [3.8, 4) is 0 Å². The smallest absolute Gasteiger partial charge is 0.308 e. The summed E-state index contributed by atoms with van der Waals surface area (Å²) in [5, 5.41) is 12.6. The molecule has 2 aliphatic rings. The second-order valence-corrected chi connectivity index (χ2v) is 7.97. The van der Waals surface area contributed by atoms with Crippen molar-refractivity contribution in [2.45, 2.75) is 64.1 Å². The van der Waals surface area contributed by atoms with E-state index in [0.717, 1.165) is 36.5 Å². The molecule has 3 unspecified atom stereocenters. The van der Waals surface area contributed by atoms with Gasteiger partial charge in [0.15, 0.2) is 0 Å². The van der Waals surface area contributed by atoms with Gasteiger partial charge in [-0.15, -0.1) is 11.3 Å². The van der Waals surface area contributed by atoms with Crippen molar-refractivity contribution in [3.05, 3.63) is 16.1 Å². The molecule has 0 saturated carbocycles. The van der Waals surface area contributed by atoms with E-state index in [9.17, 15) is 9.90 Å². The van der Waals surface area contributed by atoms with Crippen LogP contribution in [-0.4, -0.2) is 33.0 Å². The summed E-state index contributed by atoms with van der Waals surface area (Å²) in [6.07, 6.45) is 2.99. The zero-order valence-corrected chi connectivity index (χ0v) is 13.1. The summed E-state index contributed by atoms with van der Waals surface area (Å²) in [7, 11) is 0. The number of hydrogen-bond donors (Lipinski definition) is 1. The van der Waals surface area contributed by atoms with Gasteiger partial charge in [0, 0.05) is 22.9 Å². The Balaban J connectivity index is 1.73. The average molecular weight is 294 g/mol. The zero-order chi connectivity index (χ0) is 14.5. The topological polar surface area (TPSA) is 53.4 Å². The molecule has 2 aliphatic heterocycles. The maximum Gasteiger partial charge on any atom is 0.308 e. The van der Waals surface area contributed by atoms with Gasteiger partial charge in [0.25, 0.3) is 0 Å². The van der Waals surface area contributed by atoms with E-state index in [4.69, 9.17) is 4.98 Å². The number of nitrogens with zero attached hydrogens (tertiary/aromatic N) is 2. The summed E-state index contributed by atoms with van der Waals surface area (Å²) in [4.78, 5) is 18.4. The van der Waals surface area contributed by atoms with Crippen molar-refractivity contribution in [3.63, 3.8) is 0 Å². The van der Waals surface area contributed by atoms with E-state index in [1.165, 1.54) is 0 Å². The van der Waals surface area contributed by atoms with Crippen LogP contribution in [0.5, 0.6) is 0 Å². The lowest BCUT2D eigenvalue weighted by Gasteiger charge is -2.21. The quantitative estimate of drug-likeness (QED) is 0.931. The van der Waals surface area contributed by atoms with Gasteiger partial charge >= 0.3 is 5.97 Å². The predicted molar refractivity (Wildman–Crippen MR) is 78.9 cm³/mol. The lowest BCUT2D eigenvalue weighted by atomic mass is 9.89. The van der Waals surface area contributed by atoms with E-state index in [2.05, 4.69) is 31.1 Å². The van der Waals surface area contributed by atoms with Gasteiger partial charge in [-0.25, -0.2) is 4.98 Å². The predicted octanol–water partition coefficient (Wildman–Crippen LogP) is 2.88. The van der Waals surface area contributed by atoms with Crippen molar-refractivity contribution in [1.29, 1.82) is 0 Å². The number of rotatable bonds is 3. The summed E-state index contributed by atoms with van der Waals surface area (Å²) in [6, 6.07) is 0.669. The largest absolute Gasteiger partial charge is 0.481 e. The Kier molecular flexibility index (Phi) is 3.37. The molecule has 110 valence electrons. The van der Waals surface area contributed by atoms with Crippen LogP contribution in [0.2, 0.25) is 0 Å². The third-order valence-electron chi connectivity index (χ3n) is 4.64. The number of thiazole rings is 1. The Morgan fingerprint density at radius 1 is 1.50 bits per heavy atom. The van der Waals surface area contributed by atoms with Gasteiger partial charge in [-0.2, -0.15) is 0 Å². The molecule has 5 heteroatoms. The van der Waals surface area contributed by atoms with Crippen molar-refractivity contribution in [1.82, 2.24) is 9.88 Å². The van der Waals surface area contributed by atoms with Gasteiger partial charge in [-0.05, 0) is 19.3 Å². The highest BCUT2D eigenvalue weighted by Gasteiger charge is 2.49. The number of carbonyl (C=O) groups is 1. The van der Waals surface area contributed by atoms with Gasteiger partial charge in [-0.3, -0.25) is 9.69 Å². The second kappa shape index (κ2) is 4.81. The minimum absolute atomic E-state index is 0.0857. The molecule has 1 aromatic rings. The fraction of sp³-hybridized carbons (Fsp3) is 0.733. The van der Waals surface area contributed by atoms with Gasteiger partial charge in [0.2, 0.25) is 0 Å². The summed E-state index contributed by atoms with van der Waals surface area (Å²) >= 11 is 1.70. The first-order valence-corrected chi connectivity index (χ1v) is 8.17. The molecule has 0 aliphatic carbocycles. The van der Waals surface area contributed by atoms with Gasteiger partial charge in [0.05, 0.1) is 18.2 Å². The first-order chi connectivity index (χ1) is 9.36. The van der Waals surface area contributed by atoms with Crippen LogP contribution in [0.15, 0.2) is 5.38 Å². The molecule has 1 N–H and O–H groups in total. The zero-order valence-electron chi connectivity index (χ0n) is 12.3. The van der Waals surface area contributed by atoms with Crippen LogP contribution in [0.4, 0.5) is 0 Å². The molecule has 0 amide bonds. The van der Waals surface area contributed by atoms with Crippen LogP contribution in [0.3, 0.4) is 0 Å². The summed E-state index contributed by atoms with van der Waals surface area (Å²) in [6.45, 7) is 7.34. The molecule has 2 saturated heterocycles. The van der Waals surface area contributed by atoms with Crippen molar-refractivity contribution in [2.75, 3.05) is 0 Å². The van der Waals surface area contributed by atoms with Crippen LogP contribution in [0, 0.1) is 5.92 Å². The molecular weight excluding hydrogens is 272 g/mol. The fourth-order valence-electron chi connectivity index (χ4n) is 3.50. The Bertz CT molecular complexity index is 520. The molecule has 3 heterocycles. The third-order valence-corrected chi connectivity index (χ3v) is 5.47. The van der Waals surface area contributed by atoms with Crippen molar-refractivity contribution >= 4 is 17.3 Å². The Labute approximate surface area is 123 Å². The molecule has 0 radical (unpaired) electrons. The molecule has 1 aromatic heterocycles. The molecular formula is C15H22N2O2S. The van der Waals surface area contributed by atoms with E-state index >= 15 is 0 Å². The molecule has 20 heavy (non-hydrogen) atoms. The molecule has 4 nitrogen and oxygen atoms in total. The van der Waals surface area contributed by atoms with E-state index in [1.807, 2.05) is 0 Å². The highest BCUT2D eigenvalue weighted by Crippen LogP contribution is 2.42. The molecule has 0 aromatic carbocycles. The summed E-state index contributed by atoms with van der Waals surface area (Å²) < 4.78 is 0. The minimum Gasteiger partial charge on any atom is -0.481 e.